The molecule has 0 saturated heterocycles. The van der Waals surface area contributed by atoms with Crippen LogP contribution in [0.3, 0.4) is 0 Å². The first-order chi connectivity index (χ1) is 16.7. The number of rotatable bonds is 6. The van der Waals surface area contributed by atoms with Gasteiger partial charge in [-0.05, 0) is 93.7 Å². The van der Waals surface area contributed by atoms with Gasteiger partial charge in [-0.25, -0.2) is 0 Å². The third-order valence-corrected chi connectivity index (χ3v) is 8.54. The molecule has 0 aliphatic heterocycles. The van der Waals surface area contributed by atoms with Crippen LogP contribution < -0.4 is 0 Å². The summed E-state index contributed by atoms with van der Waals surface area (Å²) in [6.45, 7) is 4.54. The van der Waals surface area contributed by atoms with Gasteiger partial charge >= 0.3 is 0 Å². The third kappa shape index (κ3) is 4.31. The summed E-state index contributed by atoms with van der Waals surface area (Å²) in [6, 6.07) is 22.7. The number of hydrogen-bond acceptors (Lipinski definition) is 0. The summed E-state index contributed by atoms with van der Waals surface area (Å²) in [4.78, 5) is 0. The van der Waals surface area contributed by atoms with Gasteiger partial charge in [0.15, 0.2) is 0 Å². The van der Waals surface area contributed by atoms with Gasteiger partial charge in [0.25, 0.3) is 0 Å². The molecule has 0 radical (unpaired) electrons. The van der Waals surface area contributed by atoms with Crippen molar-refractivity contribution in [2.75, 3.05) is 0 Å². The zero-order valence-corrected chi connectivity index (χ0v) is 20.4. The van der Waals surface area contributed by atoms with E-state index < -0.39 is 0 Å². The summed E-state index contributed by atoms with van der Waals surface area (Å²) in [7, 11) is 0. The average molecular weight is 445 g/mol. The van der Waals surface area contributed by atoms with Crippen LogP contribution in [-0.4, -0.2) is 0 Å². The van der Waals surface area contributed by atoms with Gasteiger partial charge < -0.3 is 0 Å². The minimum Gasteiger partial charge on any atom is -0.0949 e. The first-order valence-electron chi connectivity index (χ1n) is 13.4. The molecule has 0 heteroatoms. The van der Waals surface area contributed by atoms with Gasteiger partial charge in [0.1, 0.15) is 0 Å². The Hall–Kier alpha value is -2.86. The molecule has 1 unspecified atom stereocenters. The molecule has 6 rings (SSSR count). The predicted molar refractivity (Wildman–Crippen MR) is 146 cm³/mol. The maximum Gasteiger partial charge on any atom is -0.00258 e. The quantitative estimate of drug-likeness (QED) is 0.356. The molecule has 0 spiro atoms. The van der Waals surface area contributed by atoms with Gasteiger partial charge in [0.2, 0.25) is 0 Å². The molecule has 0 aromatic heterocycles. The van der Waals surface area contributed by atoms with Crippen molar-refractivity contribution in [1.29, 1.82) is 0 Å². The van der Waals surface area contributed by atoms with Gasteiger partial charge in [-0.2, -0.15) is 0 Å². The van der Waals surface area contributed by atoms with Crippen molar-refractivity contribution in [2.45, 2.75) is 64.2 Å². The Kier molecular flexibility index (Phi) is 6.00. The molecule has 0 bridgehead atoms. The molecule has 3 aliphatic rings. The molecule has 1 saturated carbocycles. The fourth-order valence-corrected chi connectivity index (χ4v) is 6.78. The highest BCUT2D eigenvalue weighted by Gasteiger charge is 2.28. The van der Waals surface area contributed by atoms with Gasteiger partial charge in [-0.1, -0.05) is 111 Å². The maximum absolute atomic E-state index is 4.54. The molecule has 0 N–H and O–H groups in total. The Bertz CT molecular complexity index is 1270. The highest BCUT2D eigenvalue weighted by molar-refractivity contribution is 5.93. The molecule has 3 aromatic carbocycles. The number of hydrogen-bond donors (Lipinski definition) is 0. The summed E-state index contributed by atoms with van der Waals surface area (Å²) in [5, 5.41) is 2.62. The lowest BCUT2D eigenvalue weighted by molar-refractivity contribution is 0.356. The van der Waals surface area contributed by atoms with Gasteiger partial charge in [0.05, 0.1) is 0 Å². The second-order valence-corrected chi connectivity index (χ2v) is 10.8. The van der Waals surface area contributed by atoms with Crippen LogP contribution in [0.2, 0.25) is 0 Å². The highest BCUT2D eigenvalue weighted by atomic mass is 14.3. The lowest BCUT2D eigenvalue weighted by atomic mass is 9.84. The van der Waals surface area contributed by atoms with Crippen molar-refractivity contribution in [1.82, 2.24) is 0 Å². The fourth-order valence-electron chi connectivity index (χ4n) is 6.78. The van der Waals surface area contributed by atoms with E-state index in [4.69, 9.17) is 0 Å². The van der Waals surface area contributed by atoms with E-state index in [1.807, 2.05) is 0 Å². The van der Waals surface area contributed by atoms with Crippen LogP contribution in [0.4, 0.5) is 0 Å². The van der Waals surface area contributed by atoms with Crippen molar-refractivity contribution in [3.63, 3.8) is 0 Å². The van der Waals surface area contributed by atoms with E-state index in [0.29, 0.717) is 5.92 Å². The maximum atomic E-state index is 4.54. The van der Waals surface area contributed by atoms with Crippen molar-refractivity contribution < 1.29 is 0 Å². The molecule has 1 fully saturated rings. The van der Waals surface area contributed by atoms with Crippen LogP contribution in [0.1, 0.15) is 67.2 Å². The molecule has 1 atom stereocenters. The van der Waals surface area contributed by atoms with E-state index in [2.05, 4.69) is 79.4 Å². The van der Waals surface area contributed by atoms with Crippen LogP contribution in [0, 0.1) is 11.8 Å². The minimum atomic E-state index is 0.633. The van der Waals surface area contributed by atoms with E-state index in [1.165, 1.54) is 78.8 Å². The largest absolute Gasteiger partial charge is 0.0949 e. The monoisotopic (exact) mass is 444 g/mol. The minimum absolute atomic E-state index is 0.633. The second-order valence-electron chi connectivity index (χ2n) is 10.8. The normalized spacial score (nSPS) is 20.3. The molecule has 0 nitrogen and oxygen atoms in total. The van der Waals surface area contributed by atoms with Crippen LogP contribution in [0.15, 0.2) is 90.5 Å². The molecule has 3 aromatic rings. The summed E-state index contributed by atoms with van der Waals surface area (Å²) < 4.78 is 0. The summed E-state index contributed by atoms with van der Waals surface area (Å²) in [5.74, 6) is 1.55. The summed E-state index contributed by atoms with van der Waals surface area (Å²) in [5.41, 5.74) is 10.4. The zero-order valence-electron chi connectivity index (χ0n) is 20.4. The lowest BCUT2D eigenvalue weighted by Gasteiger charge is -2.21. The molecule has 172 valence electrons. The lowest BCUT2D eigenvalue weighted by Crippen LogP contribution is -2.09. The van der Waals surface area contributed by atoms with E-state index in [-0.39, 0.29) is 0 Å². The third-order valence-electron chi connectivity index (χ3n) is 8.54. The summed E-state index contributed by atoms with van der Waals surface area (Å²) >= 11 is 0. The molecular weight excluding hydrogens is 408 g/mol. The van der Waals surface area contributed by atoms with Gasteiger partial charge in [0, 0.05) is 0 Å². The number of allylic oxidation sites excluding steroid dienone is 5. The first-order valence-corrected chi connectivity index (χ1v) is 13.4. The van der Waals surface area contributed by atoms with E-state index in [1.54, 1.807) is 22.3 Å². The number of fused-ring (bicyclic) bond motifs is 2. The molecule has 34 heavy (non-hydrogen) atoms. The Balaban J connectivity index is 1.15. The standard InChI is InChI=1S/C34H36/c1-24(32-15-7-12-27-11-5-6-14-34(27)32)19-29-13-8-16-33(29)31-22-28-18-17-26(21-30(28)23-31)20-25-9-3-2-4-10-25/h5-7,11-18,21,25,31H,1-4,8-10,19-20,22-23H2. The Morgan fingerprint density at radius 2 is 1.65 bits per heavy atom. The number of benzene rings is 3. The van der Waals surface area contributed by atoms with Gasteiger partial charge in [-0.3, -0.25) is 0 Å². The van der Waals surface area contributed by atoms with Crippen molar-refractivity contribution >= 4 is 16.3 Å². The van der Waals surface area contributed by atoms with E-state index >= 15 is 0 Å². The Morgan fingerprint density at radius 1 is 0.824 bits per heavy atom. The second kappa shape index (κ2) is 9.41. The predicted octanol–water partition coefficient (Wildman–Crippen LogP) is 9.04. The zero-order chi connectivity index (χ0) is 22.9. The Labute approximate surface area is 205 Å². The van der Waals surface area contributed by atoms with Gasteiger partial charge in [-0.15, -0.1) is 0 Å². The van der Waals surface area contributed by atoms with Crippen molar-refractivity contribution in [3.8, 4) is 0 Å². The molecule has 0 heterocycles. The smallest absolute Gasteiger partial charge is 0.00258 e. The Morgan fingerprint density at radius 3 is 2.56 bits per heavy atom. The van der Waals surface area contributed by atoms with Crippen LogP contribution in [0.5, 0.6) is 0 Å². The molecule has 0 amide bonds. The van der Waals surface area contributed by atoms with Crippen molar-refractivity contribution in [3.05, 3.63) is 113 Å². The van der Waals surface area contributed by atoms with Crippen LogP contribution in [-0.2, 0) is 19.3 Å². The van der Waals surface area contributed by atoms with Crippen LogP contribution >= 0.6 is 0 Å². The molecular formula is C34H36. The summed E-state index contributed by atoms with van der Waals surface area (Å²) in [6.07, 6.45) is 17.8. The average Bonchev–Trinajstić information content (AvgIpc) is 3.50. The topological polar surface area (TPSA) is 0 Å². The van der Waals surface area contributed by atoms with Crippen LogP contribution in [0.25, 0.3) is 16.3 Å². The van der Waals surface area contributed by atoms with E-state index in [0.717, 1.165) is 18.8 Å². The SMILES string of the molecule is C=C(CC1=CCC=C1C1Cc2ccc(CC3CCCCC3)cc2C1)c1cccc2ccccc12. The van der Waals surface area contributed by atoms with E-state index in [9.17, 15) is 0 Å². The fraction of sp³-hybridized carbons (Fsp3) is 0.353. The highest BCUT2D eigenvalue weighted by Crippen LogP contribution is 2.41. The van der Waals surface area contributed by atoms with Crippen molar-refractivity contribution in [2.24, 2.45) is 11.8 Å². The molecule has 3 aliphatic carbocycles. The first kappa shape index (κ1) is 21.7.